The minimum absolute atomic E-state index is 0.0857. The number of carbonyl (C=O) groups excluding carboxylic acids is 1. The van der Waals surface area contributed by atoms with Gasteiger partial charge >= 0.3 is 11.7 Å². The average Bonchev–Trinajstić information content (AvgIpc) is 2.82. The number of nitrogens with zero attached hydrogens (tertiary/aromatic N) is 1. The van der Waals surface area contributed by atoms with Gasteiger partial charge in [0.25, 0.3) is 5.56 Å². The van der Waals surface area contributed by atoms with Crippen LogP contribution in [0.15, 0.2) is 9.59 Å². The summed E-state index contributed by atoms with van der Waals surface area (Å²) in [6.45, 7) is 8.90. The maximum atomic E-state index is 12.7. The lowest BCUT2D eigenvalue weighted by Gasteiger charge is -2.19. The smallest absolute Gasteiger partial charge is 0.329 e. The van der Waals surface area contributed by atoms with Crippen LogP contribution in [-0.4, -0.2) is 32.8 Å². The van der Waals surface area contributed by atoms with Gasteiger partial charge in [-0.25, -0.2) is 4.79 Å². The third-order valence-corrected chi connectivity index (χ3v) is 4.85. The van der Waals surface area contributed by atoms with Crippen molar-refractivity contribution < 1.29 is 19.4 Å². The number of aromatic amines is 1. The minimum Gasteiger partial charge on any atom is -0.460 e. The standard InChI is InChI=1S/C17H24N2O6S/c1-6-24-15(22)12-9(2)11-13(26-12)18-16(23)19(14(11)21)8-7-10(20)25-17(3,4)5/h15,22H,6-8H2,1-5H3,(H,18,23). The average molecular weight is 384 g/mol. The van der Waals surface area contributed by atoms with Gasteiger partial charge in [-0.15, -0.1) is 11.3 Å². The number of nitrogens with one attached hydrogen (secondary N) is 1. The van der Waals surface area contributed by atoms with Crippen LogP contribution in [0, 0.1) is 6.92 Å². The van der Waals surface area contributed by atoms with Crippen molar-refractivity contribution in [3.63, 3.8) is 0 Å². The number of aryl methyl sites for hydroxylation is 1. The van der Waals surface area contributed by atoms with E-state index in [0.29, 0.717) is 27.3 Å². The normalized spacial score (nSPS) is 13.2. The monoisotopic (exact) mass is 384 g/mol. The lowest BCUT2D eigenvalue weighted by atomic mass is 10.2. The van der Waals surface area contributed by atoms with Crippen molar-refractivity contribution in [2.24, 2.45) is 0 Å². The molecule has 2 N–H and O–H groups in total. The molecule has 2 aromatic heterocycles. The van der Waals surface area contributed by atoms with Gasteiger partial charge in [0.05, 0.1) is 16.7 Å². The Morgan fingerprint density at radius 3 is 2.58 bits per heavy atom. The van der Waals surface area contributed by atoms with E-state index in [2.05, 4.69) is 4.98 Å². The molecule has 8 nitrogen and oxygen atoms in total. The Labute approximate surface area is 154 Å². The van der Waals surface area contributed by atoms with Gasteiger partial charge in [0.2, 0.25) is 0 Å². The van der Waals surface area contributed by atoms with Crippen molar-refractivity contribution in [1.82, 2.24) is 9.55 Å². The van der Waals surface area contributed by atoms with Crippen LogP contribution in [0.4, 0.5) is 0 Å². The summed E-state index contributed by atoms with van der Waals surface area (Å²) >= 11 is 1.11. The van der Waals surface area contributed by atoms with E-state index in [1.807, 2.05) is 0 Å². The molecule has 2 heterocycles. The first-order valence-corrected chi connectivity index (χ1v) is 9.14. The number of hydrogen-bond acceptors (Lipinski definition) is 7. The predicted molar refractivity (Wildman–Crippen MR) is 98.5 cm³/mol. The summed E-state index contributed by atoms with van der Waals surface area (Å²) in [6.07, 6.45) is -1.25. The number of aliphatic hydroxyl groups is 1. The number of rotatable bonds is 6. The number of aliphatic hydroxyl groups excluding tert-OH is 1. The number of fused-ring (bicyclic) bond motifs is 1. The Morgan fingerprint density at radius 1 is 1.35 bits per heavy atom. The first kappa shape index (κ1) is 20.3. The van der Waals surface area contributed by atoms with Crippen LogP contribution in [0.5, 0.6) is 0 Å². The van der Waals surface area contributed by atoms with E-state index in [1.54, 1.807) is 34.6 Å². The molecule has 0 saturated carbocycles. The summed E-state index contributed by atoms with van der Waals surface area (Å²) in [6, 6.07) is 0. The number of H-pyrrole nitrogens is 1. The molecule has 0 aliphatic rings. The fourth-order valence-corrected chi connectivity index (χ4v) is 3.66. The molecule has 1 unspecified atom stereocenters. The lowest BCUT2D eigenvalue weighted by molar-refractivity contribution is -0.155. The predicted octanol–water partition coefficient (Wildman–Crippen LogP) is 1.82. The van der Waals surface area contributed by atoms with Crippen LogP contribution in [0.25, 0.3) is 10.2 Å². The van der Waals surface area contributed by atoms with E-state index in [-0.39, 0.29) is 13.0 Å². The van der Waals surface area contributed by atoms with Gasteiger partial charge in [0.15, 0.2) is 6.29 Å². The molecule has 26 heavy (non-hydrogen) atoms. The van der Waals surface area contributed by atoms with Crippen molar-refractivity contribution in [1.29, 1.82) is 0 Å². The lowest BCUT2D eigenvalue weighted by Crippen LogP contribution is -2.36. The van der Waals surface area contributed by atoms with Gasteiger partial charge in [-0.3, -0.25) is 19.1 Å². The molecule has 0 radical (unpaired) electrons. The van der Waals surface area contributed by atoms with Gasteiger partial charge in [-0.05, 0) is 40.2 Å². The second kappa shape index (κ2) is 7.73. The summed E-state index contributed by atoms with van der Waals surface area (Å²) in [5, 5.41) is 10.4. The number of hydrogen-bond donors (Lipinski definition) is 2. The summed E-state index contributed by atoms with van der Waals surface area (Å²) in [5.74, 6) is -0.488. The Kier molecular flexibility index (Phi) is 6.05. The van der Waals surface area contributed by atoms with Crippen LogP contribution in [0.3, 0.4) is 0 Å². The zero-order valence-corrected chi connectivity index (χ0v) is 16.4. The van der Waals surface area contributed by atoms with E-state index in [0.717, 1.165) is 15.9 Å². The number of carbonyl (C=O) groups is 1. The third-order valence-electron chi connectivity index (χ3n) is 3.62. The molecule has 0 aliphatic carbocycles. The van der Waals surface area contributed by atoms with Gasteiger partial charge in [0, 0.05) is 13.2 Å². The van der Waals surface area contributed by atoms with Crippen LogP contribution in [0.2, 0.25) is 0 Å². The molecule has 0 aliphatic heterocycles. The summed E-state index contributed by atoms with van der Waals surface area (Å²) in [4.78, 5) is 40.3. The molecular formula is C17H24N2O6S. The molecule has 9 heteroatoms. The number of esters is 1. The van der Waals surface area contributed by atoms with E-state index >= 15 is 0 Å². The molecule has 1 atom stereocenters. The van der Waals surface area contributed by atoms with Crippen molar-refractivity contribution in [3.05, 3.63) is 31.3 Å². The van der Waals surface area contributed by atoms with Crippen molar-refractivity contribution >= 4 is 27.5 Å². The Morgan fingerprint density at radius 2 is 2.00 bits per heavy atom. The maximum Gasteiger partial charge on any atom is 0.329 e. The molecular weight excluding hydrogens is 360 g/mol. The largest absolute Gasteiger partial charge is 0.460 e. The summed E-state index contributed by atoms with van der Waals surface area (Å²) in [7, 11) is 0. The van der Waals surface area contributed by atoms with Gasteiger partial charge < -0.3 is 14.6 Å². The molecule has 144 valence electrons. The Balaban J connectivity index is 2.37. The zero-order chi connectivity index (χ0) is 19.6. The quantitative estimate of drug-likeness (QED) is 0.581. The van der Waals surface area contributed by atoms with Crippen molar-refractivity contribution in [3.8, 4) is 0 Å². The topological polar surface area (TPSA) is 111 Å². The first-order valence-electron chi connectivity index (χ1n) is 8.32. The van der Waals surface area contributed by atoms with Crippen molar-refractivity contribution in [2.75, 3.05) is 6.61 Å². The number of thiophene rings is 1. The zero-order valence-electron chi connectivity index (χ0n) is 15.5. The fraction of sp³-hybridized carbons (Fsp3) is 0.588. The van der Waals surface area contributed by atoms with Gasteiger partial charge in [-0.1, -0.05) is 0 Å². The summed E-state index contributed by atoms with van der Waals surface area (Å²) < 4.78 is 11.3. The number of ether oxygens (including phenoxy) is 2. The number of aromatic nitrogens is 2. The van der Waals surface area contributed by atoms with E-state index < -0.39 is 29.1 Å². The molecule has 0 amide bonds. The van der Waals surface area contributed by atoms with Crippen LogP contribution < -0.4 is 11.2 Å². The molecule has 0 bridgehead atoms. The first-order chi connectivity index (χ1) is 12.0. The minimum atomic E-state index is -1.16. The second-order valence-corrected chi connectivity index (χ2v) is 7.88. The highest BCUT2D eigenvalue weighted by Crippen LogP contribution is 2.31. The third kappa shape index (κ3) is 4.40. The highest BCUT2D eigenvalue weighted by atomic mass is 32.1. The molecule has 0 aromatic carbocycles. The molecule has 2 aromatic rings. The van der Waals surface area contributed by atoms with Gasteiger partial charge in [0.1, 0.15) is 10.4 Å². The highest BCUT2D eigenvalue weighted by molar-refractivity contribution is 7.18. The van der Waals surface area contributed by atoms with Gasteiger partial charge in [-0.2, -0.15) is 0 Å². The molecule has 0 saturated heterocycles. The second-order valence-electron chi connectivity index (χ2n) is 6.83. The van der Waals surface area contributed by atoms with Crippen LogP contribution in [-0.2, 0) is 20.8 Å². The Hall–Kier alpha value is -1.97. The van der Waals surface area contributed by atoms with E-state index in [4.69, 9.17) is 9.47 Å². The maximum absolute atomic E-state index is 12.7. The van der Waals surface area contributed by atoms with Crippen LogP contribution >= 0.6 is 11.3 Å². The van der Waals surface area contributed by atoms with E-state index in [1.165, 1.54) is 0 Å². The Bertz CT molecular complexity index is 918. The van der Waals surface area contributed by atoms with Crippen LogP contribution in [0.1, 0.15) is 50.8 Å². The van der Waals surface area contributed by atoms with E-state index in [9.17, 15) is 19.5 Å². The highest BCUT2D eigenvalue weighted by Gasteiger charge is 2.22. The molecule has 0 fully saturated rings. The summed E-state index contributed by atoms with van der Waals surface area (Å²) in [5.41, 5.74) is -1.19. The fourth-order valence-electron chi connectivity index (χ4n) is 2.54. The van der Waals surface area contributed by atoms with Crippen molar-refractivity contribution in [2.45, 2.75) is 59.5 Å². The molecule has 0 spiro atoms. The molecule has 2 rings (SSSR count). The SMILES string of the molecule is CCOC(O)c1sc2[nH]c(=O)n(CCC(=O)OC(C)(C)C)c(=O)c2c1C.